The topological polar surface area (TPSA) is 87.6 Å². The van der Waals surface area contributed by atoms with Gasteiger partial charge >= 0.3 is 5.97 Å². The lowest BCUT2D eigenvalue weighted by Gasteiger charge is -2.25. The van der Waals surface area contributed by atoms with Gasteiger partial charge in [0.2, 0.25) is 10.0 Å². The van der Waals surface area contributed by atoms with Crippen molar-refractivity contribution in [3.05, 3.63) is 29.6 Å². The zero-order valence-electron chi connectivity index (χ0n) is 9.74. The molecule has 0 unspecified atom stereocenters. The molecule has 2 heterocycles. The largest absolute Gasteiger partial charge is 0.478 e. The summed E-state index contributed by atoms with van der Waals surface area (Å²) in [5.74, 6) is -0.883. The summed E-state index contributed by atoms with van der Waals surface area (Å²) in [4.78, 5) is 14.8. The first-order chi connectivity index (χ1) is 8.49. The van der Waals surface area contributed by atoms with Crippen LogP contribution in [0.1, 0.15) is 28.9 Å². The first kappa shape index (κ1) is 13.0. The second-order valence-electron chi connectivity index (χ2n) is 4.20. The Morgan fingerprint density at radius 2 is 2.22 bits per heavy atom. The molecule has 0 spiro atoms. The van der Waals surface area contributed by atoms with E-state index in [2.05, 4.69) is 4.98 Å². The molecule has 0 radical (unpaired) electrons. The van der Waals surface area contributed by atoms with Crippen LogP contribution < -0.4 is 0 Å². The number of sulfonamides is 1. The van der Waals surface area contributed by atoms with Gasteiger partial charge in [-0.1, -0.05) is 0 Å². The molecule has 1 aliphatic rings. The quantitative estimate of drug-likeness (QED) is 0.873. The van der Waals surface area contributed by atoms with Crippen LogP contribution in [0.5, 0.6) is 0 Å². The average molecular weight is 270 g/mol. The Hall–Kier alpha value is -1.47. The molecule has 0 saturated carbocycles. The third kappa shape index (κ3) is 2.85. The van der Waals surface area contributed by atoms with Crippen LogP contribution in [0.2, 0.25) is 0 Å². The number of carboxylic acid groups (broad SMARTS) is 1. The lowest BCUT2D eigenvalue weighted by atomic mass is 10.2. The fraction of sp³-hybridized carbons (Fsp3) is 0.455. The lowest BCUT2D eigenvalue weighted by Crippen LogP contribution is -2.37. The van der Waals surface area contributed by atoms with Crippen molar-refractivity contribution in [1.29, 1.82) is 0 Å². The summed E-state index contributed by atoms with van der Waals surface area (Å²) in [6.45, 7) is 0.616. The Balaban J connectivity index is 2.18. The SMILES string of the molecule is O=C(O)c1ccnc(CN2CCCCS2(=O)=O)c1. The van der Waals surface area contributed by atoms with Crippen molar-refractivity contribution in [3.8, 4) is 0 Å². The predicted octanol–water partition coefficient (Wildman–Crippen LogP) is 0.705. The molecule has 1 fully saturated rings. The minimum atomic E-state index is -3.21. The van der Waals surface area contributed by atoms with E-state index in [-0.39, 0.29) is 17.9 Å². The van der Waals surface area contributed by atoms with E-state index in [1.165, 1.54) is 22.6 Å². The molecule has 1 aromatic rings. The number of carboxylic acids is 1. The van der Waals surface area contributed by atoms with Gasteiger partial charge in [-0.25, -0.2) is 13.2 Å². The maximum atomic E-state index is 11.8. The molecule has 0 bridgehead atoms. The van der Waals surface area contributed by atoms with Crippen molar-refractivity contribution in [2.45, 2.75) is 19.4 Å². The molecular formula is C11H14N2O4S. The highest BCUT2D eigenvalue weighted by molar-refractivity contribution is 7.89. The number of pyridine rings is 1. The van der Waals surface area contributed by atoms with E-state index in [0.29, 0.717) is 18.7 Å². The van der Waals surface area contributed by atoms with Crippen molar-refractivity contribution in [3.63, 3.8) is 0 Å². The van der Waals surface area contributed by atoms with Crippen LogP contribution in [0.25, 0.3) is 0 Å². The lowest BCUT2D eigenvalue weighted by molar-refractivity contribution is 0.0696. The Kier molecular flexibility index (Phi) is 3.63. The smallest absolute Gasteiger partial charge is 0.335 e. The number of nitrogens with zero attached hydrogens (tertiary/aromatic N) is 2. The molecule has 0 aromatic carbocycles. The third-order valence-electron chi connectivity index (χ3n) is 2.86. The second kappa shape index (κ2) is 5.03. The minimum absolute atomic E-state index is 0.120. The molecule has 0 atom stereocenters. The van der Waals surface area contributed by atoms with E-state index in [0.717, 1.165) is 6.42 Å². The average Bonchev–Trinajstić information content (AvgIpc) is 2.32. The van der Waals surface area contributed by atoms with Gasteiger partial charge < -0.3 is 5.11 Å². The summed E-state index contributed by atoms with van der Waals surface area (Å²) in [5.41, 5.74) is 0.579. The maximum absolute atomic E-state index is 11.8. The molecule has 7 heteroatoms. The van der Waals surface area contributed by atoms with Gasteiger partial charge in [-0.3, -0.25) is 4.98 Å². The molecule has 0 amide bonds. The Bertz CT molecular complexity index is 556. The molecule has 0 aliphatic carbocycles. The molecule has 98 valence electrons. The summed E-state index contributed by atoms with van der Waals surface area (Å²) in [7, 11) is -3.21. The van der Waals surface area contributed by atoms with Gasteiger partial charge in [0.25, 0.3) is 0 Å². The molecule has 18 heavy (non-hydrogen) atoms. The van der Waals surface area contributed by atoms with E-state index < -0.39 is 16.0 Å². The van der Waals surface area contributed by atoms with Crippen LogP contribution in [-0.2, 0) is 16.6 Å². The first-order valence-electron chi connectivity index (χ1n) is 5.65. The van der Waals surface area contributed by atoms with Crippen LogP contribution in [-0.4, -0.2) is 41.1 Å². The van der Waals surface area contributed by atoms with Crippen molar-refractivity contribution < 1.29 is 18.3 Å². The van der Waals surface area contributed by atoms with Gasteiger partial charge in [-0.05, 0) is 25.0 Å². The molecule has 2 rings (SSSR count). The molecule has 1 N–H and O–H groups in total. The summed E-state index contributed by atoms with van der Waals surface area (Å²) < 4.78 is 24.9. The molecule has 1 aliphatic heterocycles. The van der Waals surface area contributed by atoms with Crippen molar-refractivity contribution >= 4 is 16.0 Å². The predicted molar refractivity (Wildman–Crippen MR) is 64.6 cm³/mol. The number of hydrogen-bond donors (Lipinski definition) is 1. The van der Waals surface area contributed by atoms with Gasteiger partial charge in [0.1, 0.15) is 0 Å². The Labute approximate surface area is 105 Å². The van der Waals surface area contributed by atoms with Crippen LogP contribution in [0.3, 0.4) is 0 Å². The summed E-state index contributed by atoms with van der Waals surface area (Å²) in [6, 6.07) is 2.79. The van der Waals surface area contributed by atoms with Crippen LogP contribution in [0.4, 0.5) is 0 Å². The number of carbonyl (C=O) groups is 1. The standard InChI is InChI=1S/C11H14N2O4S/c14-11(15)9-3-4-12-10(7-9)8-13-5-1-2-6-18(13,16)17/h3-4,7H,1-2,5-6,8H2,(H,14,15). The van der Waals surface area contributed by atoms with Gasteiger partial charge in [0, 0.05) is 12.7 Å². The Morgan fingerprint density at radius 3 is 2.89 bits per heavy atom. The zero-order valence-corrected chi connectivity index (χ0v) is 10.6. The van der Waals surface area contributed by atoms with Crippen LogP contribution >= 0.6 is 0 Å². The zero-order chi connectivity index (χ0) is 13.2. The highest BCUT2D eigenvalue weighted by Crippen LogP contribution is 2.16. The van der Waals surface area contributed by atoms with E-state index in [1.807, 2.05) is 0 Å². The molecule has 6 nitrogen and oxygen atoms in total. The molecular weight excluding hydrogens is 256 g/mol. The van der Waals surface area contributed by atoms with Crippen LogP contribution in [0.15, 0.2) is 18.3 Å². The highest BCUT2D eigenvalue weighted by Gasteiger charge is 2.26. The van der Waals surface area contributed by atoms with Gasteiger partial charge in [0.05, 0.1) is 23.6 Å². The fourth-order valence-corrected chi connectivity index (χ4v) is 3.46. The number of aromatic carboxylic acids is 1. The normalized spacial score (nSPS) is 19.6. The maximum Gasteiger partial charge on any atom is 0.335 e. The summed E-state index contributed by atoms with van der Waals surface area (Å²) >= 11 is 0. The summed E-state index contributed by atoms with van der Waals surface area (Å²) in [5, 5.41) is 8.86. The number of aromatic nitrogens is 1. The molecule has 1 aromatic heterocycles. The summed E-state index contributed by atoms with van der Waals surface area (Å²) in [6.07, 6.45) is 2.90. The van der Waals surface area contributed by atoms with Crippen molar-refractivity contribution in [1.82, 2.24) is 9.29 Å². The minimum Gasteiger partial charge on any atom is -0.478 e. The monoisotopic (exact) mass is 270 g/mol. The third-order valence-corrected chi connectivity index (χ3v) is 4.76. The van der Waals surface area contributed by atoms with Gasteiger partial charge in [0.15, 0.2) is 0 Å². The number of hydrogen-bond acceptors (Lipinski definition) is 4. The van der Waals surface area contributed by atoms with Gasteiger partial charge in [-0.2, -0.15) is 4.31 Å². The van der Waals surface area contributed by atoms with Crippen LogP contribution in [0, 0.1) is 0 Å². The van der Waals surface area contributed by atoms with E-state index in [9.17, 15) is 13.2 Å². The molecule has 1 saturated heterocycles. The first-order valence-corrected chi connectivity index (χ1v) is 7.26. The fourth-order valence-electron chi connectivity index (χ4n) is 1.90. The highest BCUT2D eigenvalue weighted by atomic mass is 32.2. The van der Waals surface area contributed by atoms with Crippen molar-refractivity contribution in [2.75, 3.05) is 12.3 Å². The van der Waals surface area contributed by atoms with E-state index in [4.69, 9.17) is 5.11 Å². The van der Waals surface area contributed by atoms with E-state index >= 15 is 0 Å². The Morgan fingerprint density at radius 1 is 1.44 bits per heavy atom. The van der Waals surface area contributed by atoms with E-state index in [1.54, 1.807) is 0 Å². The van der Waals surface area contributed by atoms with Gasteiger partial charge in [-0.15, -0.1) is 0 Å². The van der Waals surface area contributed by atoms with Crippen molar-refractivity contribution in [2.24, 2.45) is 0 Å². The number of rotatable bonds is 3. The second-order valence-corrected chi connectivity index (χ2v) is 6.29.